The summed E-state index contributed by atoms with van der Waals surface area (Å²) < 4.78 is 0. The molecule has 3 nitrogen and oxygen atoms in total. The Hall–Kier alpha value is -2.33. The van der Waals surface area contributed by atoms with Gasteiger partial charge in [-0.05, 0) is 97.4 Å². The smallest absolute Gasteiger partial charge is 0.255 e. The molecule has 0 aromatic heterocycles. The Morgan fingerprint density at radius 3 is 2.43 bits per heavy atom. The summed E-state index contributed by atoms with van der Waals surface area (Å²) >= 11 is 12.1. The fourth-order valence-corrected chi connectivity index (χ4v) is 4.36. The molecule has 4 rings (SSSR count). The van der Waals surface area contributed by atoms with Crippen LogP contribution in [-0.2, 0) is 12.8 Å². The average molecular weight is 439 g/mol. The zero-order valence-electron chi connectivity index (χ0n) is 16.8. The number of fused-ring (bicyclic) bond motifs is 1. The van der Waals surface area contributed by atoms with E-state index >= 15 is 0 Å². The van der Waals surface area contributed by atoms with E-state index in [1.807, 2.05) is 49.5 Å². The van der Waals surface area contributed by atoms with E-state index in [1.165, 1.54) is 17.5 Å². The maximum absolute atomic E-state index is 12.7. The third-order valence-corrected chi connectivity index (χ3v) is 6.43. The Kier molecular flexibility index (Phi) is 6.43. The predicted molar refractivity (Wildman–Crippen MR) is 126 cm³/mol. The first-order valence-corrected chi connectivity index (χ1v) is 10.9. The fraction of sp³-hybridized carbons (Fsp3) is 0.240. The van der Waals surface area contributed by atoms with Gasteiger partial charge in [0, 0.05) is 11.3 Å². The molecule has 3 aromatic carbocycles. The zero-order valence-corrected chi connectivity index (χ0v) is 18.4. The van der Waals surface area contributed by atoms with Gasteiger partial charge in [0.25, 0.3) is 5.91 Å². The third-order valence-electron chi connectivity index (χ3n) is 5.69. The zero-order chi connectivity index (χ0) is 21.1. The Morgan fingerprint density at radius 1 is 0.933 bits per heavy atom. The van der Waals surface area contributed by atoms with E-state index in [9.17, 15) is 4.79 Å². The van der Waals surface area contributed by atoms with Gasteiger partial charge in [0.05, 0.1) is 10.0 Å². The molecule has 0 radical (unpaired) electrons. The van der Waals surface area contributed by atoms with Crippen molar-refractivity contribution in [2.75, 3.05) is 18.9 Å². The molecule has 154 valence electrons. The molecule has 0 spiro atoms. The van der Waals surface area contributed by atoms with Crippen molar-refractivity contribution in [1.82, 2.24) is 5.32 Å². The number of carbonyl (C=O) groups excluding carboxylic acids is 1. The summed E-state index contributed by atoms with van der Waals surface area (Å²) in [7, 11) is 2.01. The molecule has 2 N–H and O–H groups in total. The lowest BCUT2D eigenvalue weighted by molar-refractivity contribution is 0.102. The second-order valence-corrected chi connectivity index (χ2v) is 8.62. The number of amides is 1. The second-order valence-electron chi connectivity index (χ2n) is 7.81. The van der Waals surface area contributed by atoms with Crippen molar-refractivity contribution < 1.29 is 4.79 Å². The molecule has 1 unspecified atom stereocenters. The maximum atomic E-state index is 12.7. The van der Waals surface area contributed by atoms with Crippen molar-refractivity contribution in [3.8, 4) is 11.1 Å². The lowest BCUT2D eigenvalue weighted by atomic mass is 9.83. The highest BCUT2D eigenvalue weighted by Gasteiger charge is 2.18. The standard InChI is InChI=1S/C25H24Cl2N2O/c1-28-15-16-2-3-20-13-22(10-8-19(20)12-16)29-25(30)18-6-4-17(5-7-18)21-9-11-23(26)24(27)14-21/h4-11,13-14,16,28H,2-3,12,15H2,1H3,(H,29,30). The van der Waals surface area contributed by atoms with Crippen molar-refractivity contribution >= 4 is 34.8 Å². The average Bonchev–Trinajstić information content (AvgIpc) is 2.76. The summed E-state index contributed by atoms with van der Waals surface area (Å²) in [6.07, 6.45) is 3.34. The van der Waals surface area contributed by atoms with Gasteiger partial charge < -0.3 is 10.6 Å². The van der Waals surface area contributed by atoms with Gasteiger partial charge in [-0.1, -0.05) is 47.5 Å². The molecule has 0 bridgehead atoms. The van der Waals surface area contributed by atoms with Gasteiger partial charge in [0.2, 0.25) is 0 Å². The molecule has 0 saturated heterocycles. The summed E-state index contributed by atoms with van der Waals surface area (Å²) in [6.45, 7) is 1.05. The highest BCUT2D eigenvalue weighted by atomic mass is 35.5. The van der Waals surface area contributed by atoms with Crippen LogP contribution in [0, 0.1) is 5.92 Å². The lowest BCUT2D eigenvalue weighted by Crippen LogP contribution is -2.24. The van der Waals surface area contributed by atoms with Gasteiger partial charge in [-0.25, -0.2) is 0 Å². The van der Waals surface area contributed by atoms with Crippen molar-refractivity contribution in [1.29, 1.82) is 0 Å². The lowest BCUT2D eigenvalue weighted by Gasteiger charge is -2.25. The highest BCUT2D eigenvalue weighted by Crippen LogP contribution is 2.30. The Labute approximate surface area is 187 Å². The summed E-state index contributed by atoms with van der Waals surface area (Å²) in [5, 5.41) is 7.35. The van der Waals surface area contributed by atoms with Crippen LogP contribution in [0.5, 0.6) is 0 Å². The molecular formula is C25H24Cl2N2O. The molecule has 1 aliphatic rings. The summed E-state index contributed by atoms with van der Waals surface area (Å²) in [6, 6.07) is 19.3. The number of anilines is 1. The minimum atomic E-state index is -0.112. The molecule has 5 heteroatoms. The largest absolute Gasteiger partial charge is 0.322 e. The van der Waals surface area contributed by atoms with E-state index in [2.05, 4.69) is 22.8 Å². The monoisotopic (exact) mass is 438 g/mol. The van der Waals surface area contributed by atoms with Crippen molar-refractivity contribution in [2.24, 2.45) is 5.92 Å². The summed E-state index contributed by atoms with van der Waals surface area (Å²) in [4.78, 5) is 12.7. The van der Waals surface area contributed by atoms with Crippen LogP contribution in [-0.4, -0.2) is 19.5 Å². The van der Waals surface area contributed by atoms with Crippen molar-refractivity contribution in [3.63, 3.8) is 0 Å². The topological polar surface area (TPSA) is 41.1 Å². The molecule has 1 atom stereocenters. The van der Waals surface area contributed by atoms with E-state index in [0.717, 1.165) is 36.2 Å². The number of rotatable bonds is 5. The van der Waals surface area contributed by atoms with Crippen LogP contribution in [0.1, 0.15) is 27.9 Å². The first kappa shape index (κ1) is 20.9. The predicted octanol–water partition coefficient (Wildman–Crippen LogP) is 6.24. The molecule has 1 aliphatic carbocycles. The Morgan fingerprint density at radius 2 is 1.70 bits per heavy atom. The van der Waals surface area contributed by atoms with Gasteiger partial charge in [0.1, 0.15) is 0 Å². The third kappa shape index (κ3) is 4.70. The normalized spacial score (nSPS) is 15.5. The summed E-state index contributed by atoms with van der Waals surface area (Å²) in [5.41, 5.74) is 6.14. The van der Waals surface area contributed by atoms with Crippen LogP contribution >= 0.6 is 23.2 Å². The van der Waals surface area contributed by atoms with Crippen molar-refractivity contribution in [3.05, 3.63) is 87.4 Å². The number of hydrogen-bond acceptors (Lipinski definition) is 2. The van der Waals surface area contributed by atoms with Gasteiger partial charge in [-0.15, -0.1) is 0 Å². The fourth-order valence-electron chi connectivity index (χ4n) is 4.06. The van der Waals surface area contributed by atoms with Crippen LogP contribution in [0.25, 0.3) is 11.1 Å². The molecule has 3 aromatic rings. The number of hydrogen-bond donors (Lipinski definition) is 2. The maximum Gasteiger partial charge on any atom is 0.255 e. The number of benzene rings is 3. The number of aryl methyl sites for hydroxylation is 1. The van der Waals surface area contributed by atoms with E-state index in [4.69, 9.17) is 23.2 Å². The van der Waals surface area contributed by atoms with Crippen LogP contribution in [0.15, 0.2) is 60.7 Å². The molecule has 0 saturated carbocycles. The Balaban J connectivity index is 1.45. The van der Waals surface area contributed by atoms with Gasteiger partial charge >= 0.3 is 0 Å². The van der Waals surface area contributed by atoms with E-state index in [-0.39, 0.29) is 5.91 Å². The van der Waals surface area contributed by atoms with E-state index in [1.54, 1.807) is 6.07 Å². The molecule has 0 heterocycles. The second kappa shape index (κ2) is 9.22. The van der Waals surface area contributed by atoms with Crippen LogP contribution in [0.3, 0.4) is 0 Å². The molecule has 1 amide bonds. The van der Waals surface area contributed by atoms with Crippen LogP contribution in [0.2, 0.25) is 10.0 Å². The van der Waals surface area contributed by atoms with Crippen LogP contribution in [0.4, 0.5) is 5.69 Å². The first-order chi connectivity index (χ1) is 14.5. The van der Waals surface area contributed by atoms with Gasteiger partial charge in [-0.3, -0.25) is 4.79 Å². The SMILES string of the molecule is CNCC1CCc2cc(NC(=O)c3ccc(-c4ccc(Cl)c(Cl)c4)cc3)ccc2C1. The van der Waals surface area contributed by atoms with Gasteiger partial charge in [0.15, 0.2) is 0 Å². The number of nitrogens with one attached hydrogen (secondary N) is 2. The molecule has 0 fully saturated rings. The molecular weight excluding hydrogens is 415 g/mol. The summed E-state index contributed by atoms with van der Waals surface area (Å²) in [5.74, 6) is 0.580. The number of carbonyl (C=O) groups is 1. The highest BCUT2D eigenvalue weighted by molar-refractivity contribution is 6.42. The van der Waals surface area contributed by atoms with E-state index in [0.29, 0.717) is 21.5 Å². The first-order valence-electron chi connectivity index (χ1n) is 10.2. The van der Waals surface area contributed by atoms with Crippen molar-refractivity contribution in [2.45, 2.75) is 19.3 Å². The van der Waals surface area contributed by atoms with Crippen LogP contribution < -0.4 is 10.6 Å². The van der Waals surface area contributed by atoms with Gasteiger partial charge in [-0.2, -0.15) is 0 Å². The minimum absolute atomic E-state index is 0.112. The minimum Gasteiger partial charge on any atom is -0.322 e. The number of halogens is 2. The Bertz CT molecular complexity index is 1060. The molecule has 30 heavy (non-hydrogen) atoms. The quantitative estimate of drug-likeness (QED) is 0.494. The van der Waals surface area contributed by atoms with E-state index < -0.39 is 0 Å². The molecule has 0 aliphatic heterocycles.